The highest BCUT2D eigenvalue weighted by Crippen LogP contribution is 2.16. The Hall–Kier alpha value is -1.59. The van der Waals surface area contributed by atoms with Gasteiger partial charge in [-0.15, -0.1) is 0 Å². The first-order valence-electron chi connectivity index (χ1n) is 6.35. The highest BCUT2D eigenvalue weighted by Gasteiger charge is 2.08. The molecule has 1 unspecified atom stereocenters. The number of nitrogens with one attached hydrogen (secondary N) is 2. The van der Waals surface area contributed by atoms with E-state index >= 15 is 0 Å². The maximum Gasteiger partial charge on any atom is 0.234 e. The summed E-state index contributed by atoms with van der Waals surface area (Å²) in [7, 11) is 1.60. The fraction of sp³-hybridized carbons (Fsp3) is 0.500. The third-order valence-corrected chi connectivity index (χ3v) is 2.57. The first-order valence-corrected chi connectivity index (χ1v) is 6.35. The third-order valence-electron chi connectivity index (χ3n) is 2.57. The first kappa shape index (κ1) is 15.5. The number of methoxy groups -OCH3 is 1. The Morgan fingerprint density at radius 3 is 2.47 bits per heavy atom. The average molecular weight is 266 g/mol. The molecular formula is C14H22N2O3. The van der Waals surface area contributed by atoms with Gasteiger partial charge in [-0.1, -0.05) is 12.1 Å². The zero-order chi connectivity index (χ0) is 14.3. The molecule has 1 aromatic rings. The summed E-state index contributed by atoms with van der Waals surface area (Å²) in [6.45, 7) is 4.34. The molecule has 3 N–H and O–H groups in total. The minimum Gasteiger partial charge on any atom is -0.497 e. The smallest absolute Gasteiger partial charge is 0.234 e. The summed E-state index contributed by atoms with van der Waals surface area (Å²) >= 11 is 0. The van der Waals surface area contributed by atoms with Crippen molar-refractivity contribution in [3.63, 3.8) is 0 Å². The van der Waals surface area contributed by atoms with Crippen LogP contribution in [-0.4, -0.2) is 37.3 Å². The molecule has 5 nitrogen and oxygen atoms in total. The van der Waals surface area contributed by atoms with Crippen LogP contribution in [0.25, 0.3) is 0 Å². The van der Waals surface area contributed by atoms with Crippen LogP contribution in [0.2, 0.25) is 0 Å². The fourth-order valence-electron chi connectivity index (χ4n) is 1.64. The lowest BCUT2D eigenvalue weighted by Crippen LogP contribution is -2.38. The SMILES string of the molecule is COc1ccc(C(O)CNCC(=O)NC(C)C)cc1. The molecule has 1 rings (SSSR count). The number of amides is 1. The normalized spacial score (nSPS) is 12.3. The van der Waals surface area contributed by atoms with E-state index in [0.717, 1.165) is 11.3 Å². The molecule has 0 aliphatic rings. The minimum atomic E-state index is -0.641. The van der Waals surface area contributed by atoms with E-state index in [1.165, 1.54) is 0 Å². The number of benzene rings is 1. The zero-order valence-electron chi connectivity index (χ0n) is 11.6. The largest absolute Gasteiger partial charge is 0.497 e. The van der Waals surface area contributed by atoms with E-state index in [1.807, 2.05) is 13.8 Å². The van der Waals surface area contributed by atoms with Crippen LogP contribution in [0, 0.1) is 0 Å². The summed E-state index contributed by atoms with van der Waals surface area (Å²) in [5.41, 5.74) is 0.789. The molecule has 1 amide bonds. The molecular weight excluding hydrogens is 244 g/mol. The van der Waals surface area contributed by atoms with Crippen molar-refractivity contribution in [3.8, 4) is 5.75 Å². The Morgan fingerprint density at radius 2 is 1.95 bits per heavy atom. The number of carbonyl (C=O) groups is 1. The summed E-state index contributed by atoms with van der Waals surface area (Å²) in [5, 5.41) is 15.6. The van der Waals surface area contributed by atoms with Crippen molar-refractivity contribution in [1.29, 1.82) is 0 Å². The highest BCUT2D eigenvalue weighted by atomic mass is 16.5. The van der Waals surface area contributed by atoms with Crippen molar-refractivity contribution in [3.05, 3.63) is 29.8 Å². The lowest BCUT2D eigenvalue weighted by Gasteiger charge is -2.13. The summed E-state index contributed by atoms with van der Waals surface area (Å²) in [5.74, 6) is 0.678. The standard InChI is InChI=1S/C14H22N2O3/c1-10(2)16-14(18)9-15-8-13(17)11-4-6-12(19-3)7-5-11/h4-7,10,13,15,17H,8-9H2,1-3H3,(H,16,18). The average Bonchev–Trinajstić information content (AvgIpc) is 2.37. The van der Waals surface area contributed by atoms with Gasteiger partial charge in [0.1, 0.15) is 5.75 Å². The van der Waals surface area contributed by atoms with Crippen molar-refractivity contribution in [2.75, 3.05) is 20.2 Å². The molecule has 0 saturated heterocycles. The van der Waals surface area contributed by atoms with Crippen LogP contribution in [0.1, 0.15) is 25.5 Å². The van der Waals surface area contributed by atoms with Crippen molar-refractivity contribution in [1.82, 2.24) is 10.6 Å². The molecule has 0 spiro atoms. The fourth-order valence-corrected chi connectivity index (χ4v) is 1.64. The molecule has 0 aromatic heterocycles. The topological polar surface area (TPSA) is 70.6 Å². The van der Waals surface area contributed by atoms with Gasteiger partial charge < -0.3 is 20.5 Å². The molecule has 0 aliphatic heterocycles. The molecule has 0 radical (unpaired) electrons. The lowest BCUT2D eigenvalue weighted by atomic mass is 10.1. The van der Waals surface area contributed by atoms with E-state index in [1.54, 1.807) is 31.4 Å². The number of carbonyl (C=O) groups excluding carboxylic acids is 1. The Kier molecular flexibility index (Phi) is 6.32. The van der Waals surface area contributed by atoms with Crippen LogP contribution in [-0.2, 0) is 4.79 Å². The van der Waals surface area contributed by atoms with Gasteiger partial charge in [-0.3, -0.25) is 4.79 Å². The summed E-state index contributed by atoms with van der Waals surface area (Å²) in [6, 6.07) is 7.33. The molecule has 0 bridgehead atoms. The van der Waals surface area contributed by atoms with E-state index in [4.69, 9.17) is 4.74 Å². The number of ether oxygens (including phenoxy) is 1. The Morgan fingerprint density at radius 1 is 1.32 bits per heavy atom. The number of aliphatic hydroxyl groups is 1. The Labute approximate surface area is 114 Å². The second-order valence-corrected chi connectivity index (χ2v) is 4.64. The van der Waals surface area contributed by atoms with Crippen LogP contribution in [0.4, 0.5) is 0 Å². The van der Waals surface area contributed by atoms with Crippen LogP contribution in [0.15, 0.2) is 24.3 Å². The summed E-state index contributed by atoms with van der Waals surface area (Å²) in [4.78, 5) is 11.4. The molecule has 0 saturated carbocycles. The van der Waals surface area contributed by atoms with Crippen molar-refractivity contribution in [2.24, 2.45) is 0 Å². The minimum absolute atomic E-state index is 0.0723. The van der Waals surface area contributed by atoms with Gasteiger partial charge in [0.2, 0.25) is 5.91 Å². The first-order chi connectivity index (χ1) is 9.02. The van der Waals surface area contributed by atoms with E-state index in [-0.39, 0.29) is 18.5 Å². The van der Waals surface area contributed by atoms with Crippen LogP contribution < -0.4 is 15.4 Å². The second-order valence-electron chi connectivity index (χ2n) is 4.64. The number of hydrogen-bond donors (Lipinski definition) is 3. The number of hydrogen-bond acceptors (Lipinski definition) is 4. The van der Waals surface area contributed by atoms with Crippen molar-refractivity contribution in [2.45, 2.75) is 26.0 Å². The Bertz CT molecular complexity index is 390. The van der Waals surface area contributed by atoms with Gasteiger partial charge in [-0.2, -0.15) is 0 Å². The zero-order valence-corrected chi connectivity index (χ0v) is 11.6. The molecule has 0 aliphatic carbocycles. The predicted molar refractivity (Wildman–Crippen MR) is 74.1 cm³/mol. The molecule has 5 heteroatoms. The lowest BCUT2D eigenvalue weighted by molar-refractivity contribution is -0.120. The van der Waals surface area contributed by atoms with Crippen molar-refractivity contribution >= 4 is 5.91 Å². The quantitative estimate of drug-likeness (QED) is 0.684. The number of rotatable bonds is 7. The second kappa shape index (κ2) is 7.76. The molecule has 106 valence electrons. The summed E-state index contributed by atoms with van der Waals surface area (Å²) < 4.78 is 5.05. The van der Waals surface area contributed by atoms with Gasteiger partial charge in [-0.25, -0.2) is 0 Å². The van der Waals surface area contributed by atoms with Gasteiger partial charge in [0.25, 0.3) is 0 Å². The highest BCUT2D eigenvalue weighted by molar-refractivity contribution is 5.78. The van der Waals surface area contributed by atoms with Gasteiger partial charge in [-0.05, 0) is 31.5 Å². The van der Waals surface area contributed by atoms with Gasteiger partial charge >= 0.3 is 0 Å². The van der Waals surface area contributed by atoms with Gasteiger partial charge in [0.05, 0.1) is 19.8 Å². The van der Waals surface area contributed by atoms with E-state index in [9.17, 15) is 9.90 Å². The summed E-state index contributed by atoms with van der Waals surface area (Å²) in [6.07, 6.45) is -0.641. The van der Waals surface area contributed by atoms with Crippen LogP contribution >= 0.6 is 0 Å². The van der Waals surface area contributed by atoms with E-state index < -0.39 is 6.10 Å². The molecule has 1 aromatic carbocycles. The van der Waals surface area contributed by atoms with Crippen LogP contribution in [0.3, 0.4) is 0 Å². The molecule has 19 heavy (non-hydrogen) atoms. The number of aliphatic hydroxyl groups excluding tert-OH is 1. The van der Waals surface area contributed by atoms with Crippen LogP contribution in [0.5, 0.6) is 5.75 Å². The third kappa shape index (κ3) is 5.72. The molecule has 0 heterocycles. The molecule has 1 atom stereocenters. The monoisotopic (exact) mass is 266 g/mol. The van der Waals surface area contributed by atoms with Gasteiger partial charge in [0, 0.05) is 12.6 Å². The maximum absolute atomic E-state index is 11.4. The van der Waals surface area contributed by atoms with E-state index in [0.29, 0.717) is 6.54 Å². The maximum atomic E-state index is 11.4. The predicted octanol–water partition coefficient (Wildman–Crippen LogP) is 0.843. The Balaban J connectivity index is 2.34. The van der Waals surface area contributed by atoms with E-state index in [2.05, 4.69) is 10.6 Å². The van der Waals surface area contributed by atoms with Crippen molar-refractivity contribution < 1.29 is 14.6 Å². The molecule has 0 fully saturated rings. The van der Waals surface area contributed by atoms with Gasteiger partial charge in [0.15, 0.2) is 0 Å².